The lowest BCUT2D eigenvalue weighted by atomic mass is 10.3. The Labute approximate surface area is 126 Å². The molecule has 0 amide bonds. The largest absolute Gasteiger partial charge is 0.321 e. The van der Waals surface area contributed by atoms with Gasteiger partial charge in [0.15, 0.2) is 11.6 Å². The number of H-pyrrole nitrogens is 1. The Bertz CT molecular complexity index is 1090. The Balaban J connectivity index is 1.92. The smallest absolute Gasteiger partial charge is 0.271 e. The van der Waals surface area contributed by atoms with E-state index in [-0.39, 0.29) is 22.7 Å². The molecule has 0 bridgehead atoms. The fourth-order valence-corrected chi connectivity index (χ4v) is 2.40. The molecule has 114 valence electrons. The second-order valence-electron chi connectivity index (χ2n) is 4.86. The molecule has 9 heteroatoms. The Morgan fingerprint density at radius 3 is 2.78 bits per heavy atom. The van der Waals surface area contributed by atoms with Gasteiger partial charge in [-0.3, -0.25) is 14.7 Å². The van der Waals surface area contributed by atoms with Crippen molar-refractivity contribution in [3.05, 3.63) is 58.4 Å². The van der Waals surface area contributed by atoms with E-state index < -0.39 is 16.6 Å². The maximum Gasteiger partial charge on any atom is 0.271 e. The van der Waals surface area contributed by atoms with Crippen LogP contribution in [0.15, 0.2) is 36.7 Å². The van der Waals surface area contributed by atoms with Gasteiger partial charge < -0.3 is 4.98 Å². The zero-order valence-electron chi connectivity index (χ0n) is 11.3. The highest BCUT2D eigenvalue weighted by molar-refractivity contribution is 5.81. The van der Waals surface area contributed by atoms with Gasteiger partial charge in [-0.2, -0.15) is 0 Å². The SMILES string of the molecule is O=[N+]([O-])c1ccc2c(c1)ncn2-c1nc2ccc(F)c(F)c2[nH]1. The third-order valence-corrected chi connectivity index (χ3v) is 3.51. The lowest BCUT2D eigenvalue weighted by Gasteiger charge is -1.98. The number of fused-ring (bicyclic) bond motifs is 2. The summed E-state index contributed by atoms with van der Waals surface area (Å²) in [5, 5.41) is 10.8. The molecule has 2 aromatic heterocycles. The Hall–Kier alpha value is -3.36. The monoisotopic (exact) mass is 315 g/mol. The highest BCUT2D eigenvalue weighted by Crippen LogP contribution is 2.24. The molecule has 0 atom stereocenters. The van der Waals surface area contributed by atoms with Crippen molar-refractivity contribution in [1.82, 2.24) is 19.5 Å². The number of halogens is 2. The summed E-state index contributed by atoms with van der Waals surface area (Å²) in [4.78, 5) is 21.2. The first-order chi connectivity index (χ1) is 11.0. The summed E-state index contributed by atoms with van der Waals surface area (Å²) in [5.74, 6) is -1.75. The number of rotatable bonds is 2. The van der Waals surface area contributed by atoms with Crippen molar-refractivity contribution in [3.63, 3.8) is 0 Å². The predicted molar refractivity (Wildman–Crippen MR) is 77.3 cm³/mol. The van der Waals surface area contributed by atoms with Gasteiger partial charge in [0.25, 0.3) is 5.69 Å². The van der Waals surface area contributed by atoms with Gasteiger partial charge in [-0.25, -0.2) is 18.7 Å². The molecule has 0 aliphatic carbocycles. The normalized spacial score (nSPS) is 11.4. The van der Waals surface area contributed by atoms with E-state index in [0.29, 0.717) is 11.0 Å². The second-order valence-corrected chi connectivity index (χ2v) is 4.86. The molecule has 0 fully saturated rings. The van der Waals surface area contributed by atoms with E-state index in [1.165, 1.54) is 35.2 Å². The van der Waals surface area contributed by atoms with Crippen LogP contribution in [-0.2, 0) is 0 Å². The molecule has 2 aromatic carbocycles. The molecule has 2 heterocycles. The molecule has 1 N–H and O–H groups in total. The molecule has 0 aliphatic heterocycles. The first-order valence-corrected chi connectivity index (χ1v) is 6.50. The molecule has 4 aromatic rings. The van der Waals surface area contributed by atoms with Crippen molar-refractivity contribution in [2.75, 3.05) is 0 Å². The maximum absolute atomic E-state index is 13.8. The summed E-state index contributed by atoms with van der Waals surface area (Å²) >= 11 is 0. The number of aromatic amines is 1. The Morgan fingerprint density at radius 2 is 2.00 bits per heavy atom. The van der Waals surface area contributed by atoms with E-state index in [2.05, 4.69) is 15.0 Å². The Morgan fingerprint density at radius 1 is 1.17 bits per heavy atom. The van der Waals surface area contributed by atoms with Crippen molar-refractivity contribution in [2.45, 2.75) is 0 Å². The minimum Gasteiger partial charge on any atom is -0.321 e. The molecule has 0 radical (unpaired) electrons. The number of nitrogens with one attached hydrogen (secondary N) is 1. The van der Waals surface area contributed by atoms with Crippen LogP contribution in [0, 0.1) is 21.7 Å². The molecule has 0 unspecified atom stereocenters. The van der Waals surface area contributed by atoms with Gasteiger partial charge in [0.1, 0.15) is 11.8 Å². The van der Waals surface area contributed by atoms with E-state index in [4.69, 9.17) is 0 Å². The minimum absolute atomic E-state index is 0.0521. The molecule has 0 spiro atoms. The summed E-state index contributed by atoms with van der Waals surface area (Å²) < 4.78 is 28.5. The van der Waals surface area contributed by atoms with Crippen LogP contribution in [0.3, 0.4) is 0 Å². The highest BCUT2D eigenvalue weighted by Gasteiger charge is 2.15. The molecule has 0 saturated carbocycles. The van der Waals surface area contributed by atoms with Gasteiger partial charge in [-0.15, -0.1) is 0 Å². The van der Waals surface area contributed by atoms with Crippen LogP contribution in [0.2, 0.25) is 0 Å². The van der Waals surface area contributed by atoms with Gasteiger partial charge in [-0.05, 0) is 18.2 Å². The van der Waals surface area contributed by atoms with Gasteiger partial charge >= 0.3 is 0 Å². The summed E-state index contributed by atoms with van der Waals surface area (Å²) in [6.07, 6.45) is 1.40. The average Bonchev–Trinajstić information content (AvgIpc) is 3.14. The predicted octanol–water partition coefficient (Wildman–Crippen LogP) is 3.09. The standard InChI is InChI=1S/C14H7F2N5O2/c15-8-2-3-9-13(12(8)16)19-14(18-9)20-6-17-10-5-7(21(22)23)1-4-11(10)20/h1-6H,(H,18,19). The summed E-state index contributed by atoms with van der Waals surface area (Å²) in [6, 6.07) is 6.54. The average molecular weight is 315 g/mol. The lowest BCUT2D eigenvalue weighted by Crippen LogP contribution is -1.94. The number of benzene rings is 2. The number of nitrogens with zero attached hydrogens (tertiary/aromatic N) is 4. The van der Waals surface area contributed by atoms with Crippen LogP contribution in [0.1, 0.15) is 0 Å². The Kier molecular flexibility index (Phi) is 2.64. The zero-order chi connectivity index (χ0) is 16.1. The highest BCUT2D eigenvalue weighted by atomic mass is 19.2. The van der Waals surface area contributed by atoms with E-state index in [1.54, 1.807) is 0 Å². The fourth-order valence-electron chi connectivity index (χ4n) is 2.40. The number of hydrogen-bond donors (Lipinski definition) is 1. The molecular weight excluding hydrogens is 308 g/mol. The fraction of sp³-hybridized carbons (Fsp3) is 0. The molecule has 0 saturated heterocycles. The van der Waals surface area contributed by atoms with Crippen LogP contribution >= 0.6 is 0 Å². The minimum atomic E-state index is -1.01. The van der Waals surface area contributed by atoms with Crippen molar-refractivity contribution < 1.29 is 13.7 Å². The van der Waals surface area contributed by atoms with Crippen LogP contribution in [0.25, 0.3) is 28.0 Å². The number of imidazole rings is 2. The molecular formula is C14H7F2N5O2. The van der Waals surface area contributed by atoms with Gasteiger partial charge in [-0.1, -0.05) is 0 Å². The van der Waals surface area contributed by atoms with Gasteiger partial charge in [0.2, 0.25) is 5.95 Å². The molecule has 23 heavy (non-hydrogen) atoms. The summed E-state index contributed by atoms with van der Waals surface area (Å²) in [7, 11) is 0. The van der Waals surface area contributed by atoms with Crippen LogP contribution in [0.4, 0.5) is 14.5 Å². The van der Waals surface area contributed by atoms with Gasteiger partial charge in [0, 0.05) is 12.1 Å². The first kappa shape index (κ1) is 13.3. The number of non-ortho nitro benzene ring substituents is 1. The van der Waals surface area contributed by atoms with Crippen molar-refractivity contribution in [2.24, 2.45) is 0 Å². The maximum atomic E-state index is 13.8. The van der Waals surface area contributed by atoms with E-state index in [0.717, 1.165) is 6.07 Å². The van der Waals surface area contributed by atoms with Gasteiger partial charge in [0.05, 0.1) is 21.5 Å². The van der Waals surface area contributed by atoms with Crippen LogP contribution in [0.5, 0.6) is 0 Å². The van der Waals surface area contributed by atoms with Crippen LogP contribution in [-0.4, -0.2) is 24.4 Å². The van der Waals surface area contributed by atoms with Crippen molar-refractivity contribution >= 4 is 27.8 Å². The quantitative estimate of drug-likeness (QED) is 0.454. The number of nitro benzene ring substituents is 1. The summed E-state index contributed by atoms with van der Waals surface area (Å²) in [5.41, 5.74) is 1.08. The first-order valence-electron chi connectivity index (χ1n) is 6.50. The lowest BCUT2D eigenvalue weighted by molar-refractivity contribution is -0.384. The van der Waals surface area contributed by atoms with E-state index >= 15 is 0 Å². The van der Waals surface area contributed by atoms with E-state index in [1.807, 2.05) is 0 Å². The van der Waals surface area contributed by atoms with Crippen LogP contribution < -0.4 is 0 Å². The third kappa shape index (κ3) is 1.94. The molecule has 4 rings (SSSR count). The van der Waals surface area contributed by atoms with Crippen molar-refractivity contribution in [1.29, 1.82) is 0 Å². The third-order valence-electron chi connectivity index (χ3n) is 3.51. The zero-order valence-corrected chi connectivity index (χ0v) is 11.3. The number of nitro groups is 1. The molecule has 0 aliphatic rings. The van der Waals surface area contributed by atoms with Crippen molar-refractivity contribution in [3.8, 4) is 5.95 Å². The number of aromatic nitrogens is 4. The topological polar surface area (TPSA) is 89.6 Å². The number of hydrogen-bond acceptors (Lipinski definition) is 4. The van der Waals surface area contributed by atoms with E-state index in [9.17, 15) is 18.9 Å². The second kappa shape index (κ2) is 4.57. The summed E-state index contributed by atoms with van der Waals surface area (Å²) in [6.45, 7) is 0. The molecule has 7 nitrogen and oxygen atoms in total.